The zero-order valence-electron chi connectivity index (χ0n) is 22.3. The molecule has 0 aliphatic carbocycles. The van der Waals surface area contributed by atoms with E-state index in [1.54, 1.807) is 7.11 Å². The highest BCUT2D eigenvalue weighted by Gasteiger charge is 2.35. The lowest BCUT2D eigenvalue weighted by atomic mass is 9.79. The van der Waals surface area contributed by atoms with Crippen molar-refractivity contribution in [2.45, 2.75) is 47.1 Å². The van der Waals surface area contributed by atoms with E-state index in [4.69, 9.17) is 19.0 Å². The highest BCUT2D eigenvalue weighted by Crippen LogP contribution is 2.40. The van der Waals surface area contributed by atoms with Crippen LogP contribution in [0.5, 0.6) is 11.5 Å². The van der Waals surface area contributed by atoms with Gasteiger partial charge in [-0.3, -0.25) is 0 Å². The third-order valence-electron chi connectivity index (χ3n) is 7.06. The van der Waals surface area contributed by atoms with Crippen molar-refractivity contribution in [3.63, 3.8) is 0 Å². The molecule has 7 heteroatoms. The van der Waals surface area contributed by atoms with Crippen LogP contribution in [0.2, 0.25) is 0 Å². The van der Waals surface area contributed by atoms with E-state index in [1.165, 1.54) is 5.56 Å². The Balaban J connectivity index is 1.40. The Kier molecular flexibility index (Phi) is 6.02. The molecule has 0 amide bonds. The number of H-pyrrole nitrogens is 1. The van der Waals surface area contributed by atoms with Crippen LogP contribution < -0.4 is 9.47 Å². The molecule has 7 nitrogen and oxygen atoms in total. The number of fused-ring (bicyclic) bond motifs is 1. The summed E-state index contributed by atoms with van der Waals surface area (Å²) < 4.78 is 17.6. The molecule has 3 aromatic carbocycles. The normalized spacial score (nSPS) is 12.2. The molecule has 0 saturated heterocycles. The van der Waals surface area contributed by atoms with Gasteiger partial charge in [0.1, 0.15) is 11.4 Å². The summed E-state index contributed by atoms with van der Waals surface area (Å²) in [5.74, 6) is 3.02. The van der Waals surface area contributed by atoms with Gasteiger partial charge in [0.25, 0.3) is 5.89 Å². The largest absolute Gasteiger partial charge is 0.493 e. The van der Waals surface area contributed by atoms with Crippen LogP contribution >= 0.6 is 0 Å². The van der Waals surface area contributed by atoms with Crippen LogP contribution in [-0.4, -0.2) is 32.8 Å². The van der Waals surface area contributed by atoms with Crippen LogP contribution in [0, 0.1) is 12.3 Å². The van der Waals surface area contributed by atoms with Gasteiger partial charge in [-0.2, -0.15) is 4.98 Å². The van der Waals surface area contributed by atoms with Gasteiger partial charge in [0.15, 0.2) is 11.5 Å². The van der Waals surface area contributed by atoms with Gasteiger partial charge in [-0.25, -0.2) is 4.98 Å². The second kappa shape index (κ2) is 9.07. The van der Waals surface area contributed by atoms with E-state index in [0.29, 0.717) is 23.2 Å². The van der Waals surface area contributed by atoms with Crippen molar-refractivity contribution in [3.8, 4) is 45.7 Å². The van der Waals surface area contributed by atoms with E-state index < -0.39 is 5.60 Å². The maximum absolute atomic E-state index is 6.40. The molecular weight excluding hydrogens is 464 g/mol. The number of aryl methyl sites for hydroxylation is 1. The van der Waals surface area contributed by atoms with Crippen LogP contribution in [0.15, 0.2) is 65.2 Å². The van der Waals surface area contributed by atoms with Gasteiger partial charge in [-0.15, -0.1) is 0 Å². The first kappa shape index (κ1) is 24.6. The highest BCUT2D eigenvalue weighted by molar-refractivity contribution is 5.80. The minimum atomic E-state index is -0.431. The van der Waals surface area contributed by atoms with E-state index >= 15 is 0 Å². The number of hydrogen-bond donors (Lipinski definition) is 1. The van der Waals surface area contributed by atoms with Gasteiger partial charge in [0, 0.05) is 22.1 Å². The minimum Gasteiger partial charge on any atom is -0.493 e. The van der Waals surface area contributed by atoms with Crippen molar-refractivity contribution in [2.75, 3.05) is 7.11 Å². The molecule has 0 spiro atoms. The first-order valence-electron chi connectivity index (χ1n) is 12.3. The number of benzene rings is 3. The molecule has 0 unspecified atom stereocenters. The van der Waals surface area contributed by atoms with Crippen molar-refractivity contribution >= 4 is 11.0 Å². The van der Waals surface area contributed by atoms with Crippen LogP contribution in [0.1, 0.15) is 40.2 Å². The Morgan fingerprint density at radius 1 is 0.784 bits per heavy atom. The second-order valence-electron chi connectivity index (χ2n) is 10.8. The molecule has 0 radical (unpaired) electrons. The number of methoxy groups -OCH3 is 1. The monoisotopic (exact) mass is 496 g/mol. The highest BCUT2D eigenvalue weighted by atomic mass is 16.5. The SMILES string of the molecule is COc1ccc(-c2nc(-c3ccc(-c4nc5cc(C)ccc5[nH]4)cc3)no2)cc1OC(C)(C)C(C)(C)C. The van der Waals surface area contributed by atoms with Crippen LogP contribution in [0.3, 0.4) is 0 Å². The third kappa shape index (κ3) is 4.81. The summed E-state index contributed by atoms with van der Waals surface area (Å²) >= 11 is 0. The quantitative estimate of drug-likeness (QED) is 0.262. The fraction of sp³-hybridized carbons (Fsp3) is 0.300. The lowest BCUT2D eigenvalue weighted by Crippen LogP contribution is -2.42. The molecule has 37 heavy (non-hydrogen) atoms. The number of ether oxygens (including phenoxy) is 2. The van der Waals surface area contributed by atoms with E-state index in [-0.39, 0.29) is 5.41 Å². The summed E-state index contributed by atoms with van der Waals surface area (Å²) in [6.45, 7) is 12.6. The zero-order valence-corrected chi connectivity index (χ0v) is 22.3. The van der Waals surface area contributed by atoms with Crippen molar-refractivity contribution in [2.24, 2.45) is 5.41 Å². The van der Waals surface area contributed by atoms with Crippen molar-refractivity contribution < 1.29 is 14.0 Å². The Bertz CT molecular complexity index is 1560. The van der Waals surface area contributed by atoms with Crippen molar-refractivity contribution in [3.05, 3.63) is 66.2 Å². The lowest BCUT2D eigenvalue weighted by Gasteiger charge is -2.39. The van der Waals surface area contributed by atoms with Gasteiger partial charge in [-0.05, 0) is 56.7 Å². The van der Waals surface area contributed by atoms with Crippen molar-refractivity contribution in [1.29, 1.82) is 0 Å². The number of rotatable bonds is 6. The van der Waals surface area contributed by atoms with E-state index in [0.717, 1.165) is 33.5 Å². The van der Waals surface area contributed by atoms with E-state index in [9.17, 15) is 0 Å². The second-order valence-corrected chi connectivity index (χ2v) is 10.8. The van der Waals surface area contributed by atoms with Crippen LogP contribution in [0.4, 0.5) is 0 Å². The molecule has 2 heterocycles. The summed E-state index contributed by atoms with van der Waals surface area (Å²) in [6, 6.07) is 19.8. The predicted octanol–water partition coefficient (Wildman–Crippen LogP) is 7.47. The molecule has 0 atom stereocenters. The van der Waals surface area contributed by atoms with Gasteiger partial charge in [-0.1, -0.05) is 56.3 Å². The van der Waals surface area contributed by atoms with Crippen molar-refractivity contribution in [1.82, 2.24) is 20.1 Å². The summed E-state index contributed by atoms with van der Waals surface area (Å²) in [4.78, 5) is 12.7. The Labute approximate surface area is 216 Å². The first-order chi connectivity index (χ1) is 17.5. The molecule has 0 bridgehead atoms. The van der Waals surface area contributed by atoms with Gasteiger partial charge in [0.2, 0.25) is 5.82 Å². The number of aromatic amines is 1. The zero-order chi connectivity index (χ0) is 26.4. The maximum atomic E-state index is 6.40. The molecule has 1 N–H and O–H groups in total. The fourth-order valence-corrected chi connectivity index (χ4v) is 3.81. The molecule has 0 aliphatic rings. The molecular formula is C30H32N4O3. The molecule has 5 aromatic rings. The van der Waals surface area contributed by atoms with Gasteiger partial charge >= 0.3 is 0 Å². The Morgan fingerprint density at radius 3 is 2.19 bits per heavy atom. The van der Waals surface area contributed by atoms with E-state index in [2.05, 4.69) is 74.9 Å². The molecule has 190 valence electrons. The molecule has 2 aromatic heterocycles. The number of hydrogen-bond acceptors (Lipinski definition) is 6. The van der Waals surface area contributed by atoms with E-state index in [1.807, 2.05) is 42.5 Å². The summed E-state index contributed by atoms with van der Waals surface area (Å²) in [6.07, 6.45) is 0. The first-order valence-corrected chi connectivity index (χ1v) is 12.3. The molecule has 0 saturated carbocycles. The molecule has 5 rings (SSSR count). The Hall–Kier alpha value is -4.13. The topological polar surface area (TPSA) is 86.1 Å². The van der Waals surface area contributed by atoms with Gasteiger partial charge < -0.3 is 19.0 Å². The van der Waals surface area contributed by atoms with Crippen LogP contribution in [-0.2, 0) is 0 Å². The van der Waals surface area contributed by atoms with Crippen LogP contribution in [0.25, 0.3) is 45.3 Å². The average molecular weight is 497 g/mol. The number of imidazole rings is 1. The summed E-state index contributed by atoms with van der Waals surface area (Å²) in [5.41, 5.74) is 5.23. The number of aromatic nitrogens is 4. The number of nitrogens with one attached hydrogen (secondary N) is 1. The Morgan fingerprint density at radius 2 is 1.49 bits per heavy atom. The standard InChI is InChI=1S/C30H32N4O3/c1-18-8-14-22-23(16-18)32-26(31-22)19-9-11-20(12-10-19)27-33-28(37-34-27)21-13-15-24(35-7)25(17-21)36-30(5,6)29(2,3)4/h8-17H,1-7H3,(H,31,32). The average Bonchev–Trinajstić information content (AvgIpc) is 3.50. The molecule has 0 fully saturated rings. The summed E-state index contributed by atoms with van der Waals surface area (Å²) in [5, 5.41) is 4.21. The molecule has 0 aliphatic heterocycles. The maximum Gasteiger partial charge on any atom is 0.258 e. The van der Waals surface area contributed by atoms with Gasteiger partial charge in [0.05, 0.1) is 18.1 Å². The third-order valence-corrected chi connectivity index (χ3v) is 7.06. The lowest BCUT2D eigenvalue weighted by molar-refractivity contribution is -0.00106. The number of nitrogens with zero attached hydrogens (tertiary/aromatic N) is 3. The smallest absolute Gasteiger partial charge is 0.258 e. The fourth-order valence-electron chi connectivity index (χ4n) is 3.81. The summed E-state index contributed by atoms with van der Waals surface area (Å²) in [7, 11) is 1.63. The minimum absolute atomic E-state index is 0.0842. The predicted molar refractivity (Wildman–Crippen MR) is 146 cm³/mol.